The first-order valence-electron chi connectivity index (χ1n) is 6.86. The number of hydrogen-bond acceptors (Lipinski definition) is 4. The SMILES string of the molecule is OC(CNC1CCc2ncnn2C1)c1ccc(F)cc1F. The van der Waals surface area contributed by atoms with Crippen LogP contribution >= 0.6 is 0 Å². The molecule has 1 aromatic heterocycles. The molecular weight excluding hydrogens is 278 g/mol. The van der Waals surface area contributed by atoms with E-state index in [1.807, 2.05) is 4.68 Å². The Hall–Kier alpha value is -1.86. The van der Waals surface area contributed by atoms with Gasteiger partial charge in [0, 0.05) is 30.6 Å². The summed E-state index contributed by atoms with van der Waals surface area (Å²) in [5.41, 5.74) is 0.0983. The summed E-state index contributed by atoms with van der Waals surface area (Å²) in [5, 5.41) is 17.3. The second-order valence-electron chi connectivity index (χ2n) is 5.18. The molecular formula is C14H16F2N4O. The van der Waals surface area contributed by atoms with Crippen molar-refractivity contribution in [3.63, 3.8) is 0 Å². The largest absolute Gasteiger partial charge is 0.387 e. The van der Waals surface area contributed by atoms with E-state index in [9.17, 15) is 13.9 Å². The van der Waals surface area contributed by atoms with E-state index < -0.39 is 17.7 Å². The number of aliphatic hydroxyl groups excluding tert-OH is 1. The van der Waals surface area contributed by atoms with Crippen molar-refractivity contribution < 1.29 is 13.9 Å². The lowest BCUT2D eigenvalue weighted by molar-refractivity contribution is 0.160. The van der Waals surface area contributed by atoms with Gasteiger partial charge in [-0.25, -0.2) is 18.4 Å². The fraction of sp³-hybridized carbons (Fsp3) is 0.429. The van der Waals surface area contributed by atoms with Gasteiger partial charge in [0.2, 0.25) is 0 Å². The number of fused-ring (bicyclic) bond motifs is 1. The molecule has 2 N–H and O–H groups in total. The van der Waals surface area contributed by atoms with Gasteiger partial charge in [-0.1, -0.05) is 6.07 Å². The van der Waals surface area contributed by atoms with Crippen molar-refractivity contribution in [1.82, 2.24) is 20.1 Å². The van der Waals surface area contributed by atoms with Crippen LogP contribution in [-0.4, -0.2) is 32.5 Å². The Bertz CT molecular complexity index is 631. The normalized spacial score (nSPS) is 19.3. The Morgan fingerprint density at radius 1 is 1.43 bits per heavy atom. The Morgan fingerprint density at radius 3 is 3.10 bits per heavy atom. The van der Waals surface area contributed by atoms with Crippen LogP contribution in [0, 0.1) is 11.6 Å². The van der Waals surface area contributed by atoms with Crippen LogP contribution in [0.3, 0.4) is 0 Å². The summed E-state index contributed by atoms with van der Waals surface area (Å²) < 4.78 is 28.2. The zero-order valence-electron chi connectivity index (χ0n) is 11.3. The number of nitrogens with one attached hydrogen (secondary N) is 1. The van der Waals surface area contributed by atoms with E-state index in [1.165, 1.54) is 12.4 Å². The Morgan fingerprint density at radius 2 is 2.29 bits per heavy atom. The summed E-state index contributed by atoms with van der Waals surface area (Å²) in [5.74, 6) is -0.424. The fourth-order valence-electron chi connectivity index (χ4n) is 2.56. The molecule has 21 heavy (non-hydrogen) atoms. The summed E-state index contributed by atoms with van der Waals surface area (Å²) in [6.45, 7) is 0.880. The van der Waals surface area contributed by atoms with E-state index in [2.05, 4.69) is 15.4 Å². The summed E-state index contributed by atoms with van der Waals surface area (Å²) in [7, 11) is 0. The number of aryl methyl sites for hydroxylation is 1. The highest BCUT2D eigenvalue weighted by Crippen LogP contribution is 2.18. The molecule has 1 aromatic carbocycles. The minimum absolute atomic E-state index is 0.0983. The predicted octanol–water partition coefficient (Wildman–Crippen LogP) is 1.19. The molecule has 2 atom stereocenters. The average Bonchev–Trinajstić information content (AvgIpc) is 2.92. The molecule has 0 radical (unpaired) electrons. The molecule has 0 amide bonds. The van der Waals surface area contributed by atoms with Crippen LogP contribution in [0.1, 0.15) is 23.9 Å². The van der Waals surface area contributed by atoms with Gasteiger partial charge in [-0.2, -0.15) is 5.10 Å². The molecule has 0 spiro atoms. The van der Waals surface area contributed by atoms with Crippen molar-refractivity contribution >= 4 is 0 Å². The van der Waals surface area contributed by atoms with Gasteiger partial charge < -0.3 is 10.4 Å². The molecule has 2 aromatic rings. The van der Waals surface area contributed by atoms with Gasteiger partial charge in [0.1, 0.15) is 23.8 Å². The standard InChI is InChI=1S/C14H16F2N4O/c15-9-1-3-11(12(16)5-9)13(21)6-17-10-2-4-14-18-8-19-20(14)7-10/h1,3,5,8,10,13,17,21H,2,4,6-7H2. The van der Waals surface area contributed by atoms with E-state index in [0.717, 1.165) is 30.8 Å². The second-order valence-corrected chi connectivity index (χ2v) is 5.18. The predicted molar refractivity (Wildman–Crippen MR) is 71.5 cm³/mol. The fourth-order valence-corrected chi connectivity index (χ4v) is 2.56. The molecule has 0 aliphatic carbocycles. The van der Waals surface area contributed by atoms with Crippen LogP contribution < -0.4 is 5.32 Å². The highest BCUT2D eigenvalue weighted by atomic mass is 19.1. The third-order valence-corrected chi connectivity index (χ3v) is 3.73. The lowest BCUT2D eigenvalue weighted by atomic mass is 10.1. The van der Waals surface area contributed by atoms with E-state index >= 15 is 0 Å². The maximum Gasteiger partial charge on any atom is 0.138 e. The smallest absolute Gasteiger partial charge is 0.138 e. The van der Waals surface area contributed by atoms with Gasteiger partial charge >= 0.3 is 0 Å². The first-order chi connectivity index (χ1) is 10.1. The molecule has 0 saturated heterocycles. The first kappa shape index (κ1) is 14.1. The van der Waals surface area contributed by atoms with Gasteiger partial charge in [0.25, 0.3) is 0 Å². The zero-order chi connectivity index (χ0) is 14.8. The van der Waals surface area contributed by atoms with E-state index in [1.54, 1.807) is 0 Å². The van der Waals surface area contributed by atoms with Gasteiger partial charge in [0.05, 0.1) is 12.6 Å². The molecule has 2 heterocycles. The molecule has 0 fully saturated rings. The minimum Gasteiger partial charge on any atom is -0.387 e. The number of aromatic nitrogens is 3. The highest BCUT2D eigenvalue weighted by molar-refractivity contribution is 5.21. The molecule has 3 rings (SSSR count). The summed E-state index contributed by atoms with van der Waals surface area (Å²) in [4.78, 5) is 4.14. The lowest BCUT2D eigenvalue weighted by Crippen LogP contribution is -2.39. The van der Waals surface area contributed by atoms with Gasteiger partial charge in [-0.3, -0.25) is 0 Å². The molecule has 0 saturated carbocycles. The first-order valence-corrected chi connectivity index (χ1v) is 6.86. The number of halogens is 2. The topological polar surface area (TPSA) is 63.0 Å². The van der Waals surface area contributed by atoms with Gasteiger partial charge in [-0.15, -0.1) is 0 Å². The van der Waals surface area contributed by atoms with Crippen LogP contribution in [0.4, 0.5) is 8.78 Å². The number of hydrogen-bond donors (Lipinski definition) is 2. The van der Waals surface area contributed by atoms with Crippen LogP contribution in [0.5, 0.6) is 0 Å². The van der Waals surface area contributed by atoms with Crippen molar-refractivity contribution in [2.45, 2.75) is 31.5 Å². The van der Waals surface area contributed by atoms with Crippen LogP contribution in [0.2, 0.25) is 0 Å². The van der Waals surface area contributed by atoms with Gasteiger partial charge in [-0.05, 0) is 12.5 Å². The van der Waals surface area contributed by atoms with E-state index in [4.69, 9.17) is 0 Å². The molecule has 112 valence electrons. The maximum absolute atomic E-state index is 13.6. The molecule has 1 aliphatic heterocycles. The van der Waals surface area contributed by atoms with Crippen LogP contribution in [-0.2, 0) is 13.0 Å². The summed E-state index contributed by atoms with van der Waals surface area (Å²) in [6, 6.07) is 3.34. The Labute approximate surface area is 120 Å². The summed E-state index contributed by atoms with van der Waals surface area (Å²) >= 11 is 0. The monoisotopic (exact) mass is 294 g/mol. The minimum atomic E-state index is -1.01. The van der Waals surface area contributed by atoms with Crippen LogP contribution in [0.25, 0.3) is 0 Å². The average molecular weight is 294 g/mol. The van der Waals surface area contributed by atoms with E-state index in [0.29, 0.717) is 6.54 Å². The highest BCUT2D eigenvalue weighted by Gasteiger charge is 2.21. The van der Waals surface area contributed by atoms with Crippen molar-refractivity contribution in [1.29, 1.82) is 0 Å². The summed E-state index contributed by atoms with van der Waals surface area (Å²) in [6.07, 6.45) is 2.22. The number of benzene rings is 1. The zero-order valence-corrected chi connectivity index (χ0v) is 11.3. The molecule has 1 aliphatic rings. The molecule has 7 heteroatoms. The van der Waals surface area contributed by atoms with Gasteiger partial charge in [0.15, 0.2) is 0 Å². The van der Waals surface area contributed by atoms with E-state index in [-0.39, 0.29) is 18.2 Å². The number of rotatable bonds is 4. The van der Waals surface area contributed by atoms with Crippen molar-refractivity contribution in [2.24, 2.45) is 0 Å². The van der Waals surface area contributed by atoms with Crippen molar-refractivity contribution in [3.05, 3.63) is 47.5 Å². The third kappa shape index (κ3) is 3.08. The van der Waals surface area contributed by atoms with Crippen molar-refractivity contribution in [2.75, 3.05) is 6.54 Å². The third-order valence-electron chi connectivity index (χ3n) is 3.73. The molecule has 0 bridgehead atoms. The lowest BCUT2D eigenvalue weighted by Gasteiger charge is -2.25. The maximum atomic E-state index is 13.6. The number of nitrogens with zero attached hydrogens (tertiary/aromatic N) is 3. The quantitative estimate of drug-likeness (QED) is 0.889. The Kier molecular flexibility index (Phi) is 3.94. The molecule has 5 nitrogen and oxygen atoms in total. The number of aliphatic hydroxyl groups is 1. The second kappa shape index (κ2) is 5.87. The van der Waals surface area contributed by atoms with Crippen molar-refractivity contribution in [3.8, 4) is 0 Å². The van der Waals surface area contributed by atoms with Crippen LogP contribution in [0.15, 0.2) is 24.5 Å². The Balaban J connectivity index is 1.58. The molecule has 2 unspecified atom stereocenters.